The number of hydrogen-bond acceptors (Lipinski definition) is 11. The van der Waals surface area contributed by atoms with E-state index in [0.29, 0.717) is 47.9 Å². The van der Waals surface area contributed by atoms with Gasteiger partial charge in [0.25, 0.3) is 5.91 Å². The average molecular weight is 810 g/mol. The smallest absolute Gasteiger partial charge is 0.422 e. The Morgan fingerprint density at radius 1 is 0.895 bits per heavy atom. The van der Waals surface area contributed by atoms with Crippen LogP contribution in [0.1, 0.15) is 48.0 Å². The summed E-state index contributed by atoms with van der Waals surface area (Å²) in [4.78, 5) is 75.5. The summed E-state index contributed by atoms with van der Waals surface area (Å²) in [6.07, 6.45) is -2.30. The van der Waals surface area contributed by atoms with Crippen molar-refractivity contribution in [2.24, 2.45) is 0 Å². The number of nitrogens with zero attached hydrogens (tertiary/aromatic N) is 4. The maximum Gasteiger partial charge on any atom is 0.422 e. The van der Waals surface area contributed by atoms with Crippen molar-refractivity contribution in [3.8, 4) is 6.01 Å². The third-order valence-electron chi connectivity index (χ3n) is 8.92. The van der Waals surface area contributed by atoms with E-state index < -0.39 is 54.1 Å². The molecule has 1 aliphatic carbocycles. The number of halogens is 4. The molecule has 298 valence electrons. The summed E-state index contributed by atoms with van der Waals surface area (Å²) in [5.74, 6) is -4.38. The van der Waals surface area contributed by atoms with E-state index in [-0.39, 0.29) is 36.3 Å². The zero-order valence-corrected chi connectivity index (χ0v) is 30.6. The van der Waals surface area contributed by atoms with Crippen LogP contribution in [-0.4, -0.2) is 81.6 Å². The number of ether oxygens (including phenoxy) is 1. The first-order valence-electron chi connectivity index (χ1n) is 17.6. The van der Waals surface area contributed by atoms with Gasteiger partial charge in [0.1, 0.15) is 6.04 Å². The van der Waals surface area contributed by atoms with E-state index in [1.54, 1.807) is 41.3 Å². The molecular formula is C37H35ClF3N9O7. The SMILES string of the molecule is O=C(NCC[C@H](NC(=O)c1ccc(Nc2nc(NC3(c4ccc(Cl)cc4)CC3)nc(OCC(F)(F)F)n2)cc1)C(=O)O)C(=O)Nc1ccc(N2CCCC2=O)cc1. The number of carboxylic acid groups (broad SMARTS) is 1. The van der Waals surface area contributed by atoms with E-state index >= 15 is 0 Å². The molecule has 4 amide bonds. The minimum atomic E-state index is -4.65. The highest BCUT2D eigenvalue weighted by Crippen LogP contribution is 2.48. The van der Waals surface area contributed by atoms with Gasteiger partial charge in [0, 0.05) is 47.2 Å². The molecule has 2 fully saturated rings. The number of hydrogen-bond donors (Lipinski definition) is 6. The zero-order chi connectivity index (χ0) is 40.7. The highest BCUT2D eigenvalue weighted by Gasteiger charge is 2.45. The lowest BCUT2D eigenvalue weighted by atomic mass is 10.1. The predicted molar refractivity (Wildman–Crippen MR) is 200 cm³/mol. The molecule has 57 heavy (non-hydrogen) atoms. The van der Waals surface area contributed by atoms with E-state index in [4.69, 9.17) is 16.3 Å². The van der Waals surface area contributed by atoms with Crippen LogP contribution in [0.3, 0.4) is 0 Å². The van der Waals surface area contributed by atoms with Gasteiger partial charge in [-0.3, -0.25) is 19.2 Å². The van der Waals surface area contributed by atoms with Crippen molar-refractivity contribution in [2.75, 3.05) is 40.5 Å². The second-order valence-electron chi connectivity index (χ2n) is 13.1. The number of carboxylic acids is 1. The summed E-state index contributed by atoms with van der Waals surface area (Å²) >= 11 is 6.02. The fourth-order valence-corrected chi connectivity index (χ4v) is 5.98. The van der Waals surface area contributed by atoms with Crippen LogP contribution in [0.5, 0.6) is 6.01 Å². The van der Waals surface area contributed by atoms with Gasteiger partial charge in [0.05, 0.1) is 5.54 Å². The predicted octanol–water partition coefficient (Wildman–Crippen LogP) is 4.77. The number of alkyl halides is 3. The molecule has 0 spiro atoms. The van der Waals surface area contributed by atoms with Crippen LogP contribution < -0.4 is 36.2 Å². The molecule has 4 aromatic rings. The van der Waals surface area contributed by atoms with Gasteiger partial charge in [0.2, 0.25) is 17.8 Å². The molecule has 0 radical (unpaired) electrons. The van der Waals surface area contributed by atoms with E-state index in [2.05, 4.69) is 41.5 Å². The van der Waals surface area contributed by atoms with Crippen LogP contribution in [-0.2, 0) is 24.7 Å². The summed E-state index contributed by atoms with van der Waals surface area (Å²) in [5, 5.41) is 23.4. The summed E-state index contributed by atoms with van der Waals surface area (Å²) < 4.78 is 43.7. The van der Waals surface area contributed by atoms with Crippen molar-refractivity contribution in [1.29, 1.82) is 0 Å². The lowest BCUT2D eigenvalue weighted by molar-refractivity contribution is -0.154. The zero-order valence-electron chi connectivity index (χ0n) is 29.9. The number of carbonyl (C=O) groups is 5. The van der Waals surface area contributed by atoms with Crippen LogP contribution in [0.2, 0.25) is 5.02 Å². The van der Waals surface area contributed by atoms with Gasteiger partial charge >= 0.3 is 30.0 Å². The second kappa shape index (κ2) is 17.1. The van der Waals surface area contributed by atoms with Crippen molar-refractivity contribution >= 4 is 70.2 Å². The van der Waals surface area contributed by atoms with Crippen molar-refractivity contribution in [1.82, 2.24) is 25.6 Å². The Balaban J connectivity index is 1.02. The third kappa shape index (κ3) is 10.8. The van der Waals surface area contributed by atoms with Crippen LogP contribution >= 0.6 is 11.6 Å². The fourth-order valence-electron chi connectivity index (χ4n) is 5.85. The molecule has 2 aliphatic rings. The normalized spacial score (nSPS) is 14.9. The van der Waals surface area contributed by atoms with Crippen molar-refractivity contribution in [3.05, 3.63) is 88.9 Å². The highest BCUT2D eigenvalue weighted by atomic mass is 35.5. The Kier molecular flexibility index (Phi) is 12.1. The molecule has 1 aromatic heterocycles. The van der Waals surface area contributed by atoms with Crippen molar-refractivity contribution < 1.29 is 47.0 Å². The van der Waals surface area contributed by atoms with Gasteiger partial charge in [-0.25, -0.2) is 4.79 Å². The maximum atomic E-state index is 13.0. The van der Waals surface area contributed by atoms with Crippen molar-refractivity contribution in [3.63, 3.8) is 0 Å². The van der Waals surface area contributed by atoms with Crippen LogP contribution in [0, 0.1) is 0 Å². The van der Waals surface area contributed by atoms with Crippen LogP contribution in [0.25, 0.3) is 0 Å². The maximum absolute atomic E-state index is 13.0. The first kappa shape index (κ1) is 40.2. The lowest BCUT2D eigenvalue weighted by Crippen LogP contribution is -2.44. The van der Waals surface area contributed by atoms with Gasteiger partial charge in [-0.1, -0.05) is 23.7 Å². The third-order valence-corrected chi connectivity index (χ3v) is 9.17. The number of nitrogens with one attached hydrogen (secondary N) is 5. The monoisotopic (exact) mass is 809 g/mol. The molecule has 0 unspecified atom stereocenters. The fraction of sp³-hybridized carbons (Fsp3) is 0.297. The minimum Gasteiger partial charge on any atom is -0.480 e. The molecule has 20 heteroatoms. The second-order valence-corrected chi connectivity index (χ2v) is 13.6. The Labute approximate surface area is 327 Å². The molecule has 6 N–H and O–H groups in total. The number of carbonyl (C=O) groups excluding carboxylic acids is 4. The molecule has 1 atom stereocenters. The molecule has 6 rings (SSSR count). The van der Waals surface area contributed by atoms with E-state index in [1.807, 2.05) is 12.1 Å². The number of aliphatic carboxylic acids is 1. The molecule has 1 saturated heterocycles. The Hall–Kier alpha value is -6.50. The number of amides is 4. The largest absolute Gasteiger partial charge is 0.480 e. The van der Waals surface area contributed by atoms with Gasteiger partial charge in [-0.05, 0) is 91.9 Å². The molecule has 1 aliphatic heterocycles. The highest BCUT2D eigenvalue weighted by molar-refractivity contribution is 6.39. The molecule has 0 bridgehead atoms. The van der Waals surface area contributed by atoms with Gasteiger partial charge in [-0.15, -0.1) is 0 Å². The first-order valence-corrected chi connectivity index (χ1v) is 17.9. The molecular weight excluding hydrogens is 775 g/mol. The Bertz CT molecular complexity index is 2140. The first-order chi connectivity index (χ1) is 27.2. The quantitative estimate of drug-likeness (QED) is 0.0896. The van der Waals surface area contributed by atoms with Crippen LogP contribution in [0.15, 0.2) is 72.8 Å². The molecule has 1 saturated carbocycles. The molecule has 2 heterocycles. The minimum absolute atomic E-state index is 0.00491. The number of rotatable bonds is 15. The molecule has 16 nitrogen and oxygen atoms in total. The summed E-state index contributed by atoms with van der Waals surface area (Å²) in [5.41, 5.74) is 1.66. The van der Waals surface area contributed by atoms with Gasteiger partial charge in [0.15, 0.2) is 6.61 Å². The number of aromatic nitrogens is 3. The van der Waals surface area contributed by atoms with Gasteiger partial charge < -0.3 is 41.3 Å². The standard InChI is InChI=1S/C37H35ClF3N9O7/c38-23-7-5-22(6-8-23)36(16-17-36)49-34-46-33(47-35(48-34)57-20-37(39,40)41)44-25-9-3-21(4-10-25)29(52)45-27(32(55)56)15-18-42-30(53)31(54)43-24-11-13-26(14-12-24)50-19-1-2-28(50)51/h3-14,27H,1-2,15-20H2,(H,42,53)(H,43,54)(H,45,52)(H,55,56)(H2,44,46,47,48,49)/t27-/m0/s1. The molecule has 3 aromatic carbocycles. The summed E-state index contributed by atoms with van der Waals surface area (Å²) in [7, 11) is 0. The van der Waals surface area contributed by atoms with Crippen LogP contribution in [0.4, 0.5) is 42.1 Å². The topological polar surface area (TPSA) is 217 Å². The average Bonchev–Trinajstić information content (AvgIpc) is 3.82. The van der Waals surface area contributed by atoms with Crippen molar-refractivity contribution in [2.45, 2.75) is 49.9 Å². The number of anilines is 5. The number of benzene rings is 3. The lowest BCUT2D eigenvalue weighted by Gasteiger charge is -2.19. The van der Waals surface area contributed by atoms with E-state index in [0.717, 1.165) is 12.0 Å². The summed E-state index contributed by atoms with van der Waals surface area (Å²) in [6.45, 7) is -1.30. The Morgan fingerprint density at radius 2 is 1.56 bits per heavy atom. The summed E-state index contributed by atoms with van der Waals surface area (Å²) in [6, 6.07) is 17.0. The van der Waals surface area contributed by atoms with E-state index in [1.165, 1.54) is 24.3 Å². The van der Waals surface area contributed by atoms with Gasteiger partial charge in [-0.2, -0.15) is 28.1 Å². The van der Waals surface area contributed by atoms with E-state index in [9.17, 15) is 42.3 Å². The Morgan fingerprint density at radius 3 is 2.18 bits per heavy atom.